The summed E-state index contributed by atoms with van der Waals surface area (Å²) in [6.45, 7) is 4.37. The van der Waals surface area contributed by atoms with Crippen molar-refractivity contribution >= 4 is 11.7 Å². The smallest absolute Gasteiger partial charge is 0.259 e. The summed E-state index contributed by atoms with van der Waals surface area (Å²) in [5.41, 5.74) is 6.07. The summed E-state index contributed by atoms with van der Waals surface area (Å²) in [7, 11) is 0. The van der Waals surface area contributed by atoms with Crippen LogP contribution in [0.15, 0.2) is 22.2 Å². The van der Waals surface area contributed by atoms with E-state index in [0.717, 1.165) is 5.69 Å². The zero-order valence-corrected chi connectivity index (χ0v) is 11.9. The number of oxime groups is 1. The van der Waals surface area contributed by atoms with E-state index in [2.05, 4.69) is 10.1 Å². The maximum absolute atomic E-state index is 12.3. The maximum Gasteiger partial charge on any atom is 0.259 e. The Morgan fingerprint density at radius 3 is 2.67 bits per heavy atom. The van der Waals surface area contributed by atoms with Gasteiger partial charge in [-0.15, -0.1) is 0 Å². The van der Waals surface area contributed by atoms with E-state index in [9.17, 15) is 9.59 Å². The molecule has 2 heterocycles. The van der Waals surface area contributed by atoms with Crippen molar-refractivity contribution < 1.29 is 10.0 Å². The van der Waals surface area contributed by atoms with Crippen LogP contribution in [0.4, 0.5) is 0 Å². The molecule has 1 fully saturated rings. The summed E-state index contributed by atoms with van der Waals surface area (Å²) in [6, 6.07) is 1.42. The maximum atomic E-state index is 12.3. The van der Waals surface area contributed by atoms with Crippen molar-refractivity contribution in [2.75, 3.05) is 32.7 Å². The number of nitrogens with zero attached hydrogens (tertiary/aromatic N) is 3. The van der Waals surface area contributed by atoms with Gasteiger partial charge >= 0.3 is 0 Å². The number of rotatable bonds is 3. The fraction of sp³-hybridized carbons (Fsp3) is 0.462. The zero-order valence-electron chi connectivity index (χ0n) is 11.9. The Balaban J connectivity index is 1.99. The van der Waals surface area contributed by atoms with Gasteiger partial charge in [0.2, 0.25) is 0 Å². The number of piperazine rings is 1. The van der Waals surface area contributed by atoms with Crippen LogP contribution in [0, 0.1) is 6.92 Å². The summed E-state index contributed by atoms with van der Waals surface area (Å²) in [5.74, 6) is -0.121. The molecule has 0 radical (unpaired) electrons. The van der Waals surface area contributed by atoms with Crippen LogP contribution in [-0.2, 0) is 0 Å². The van der Waals surface area contributed by atoms with E-state index < -0.39 is 0 Å². The average Bonchev–Trinajstić information content (AvgIpc) is 2.47. The monoisotopic (exact) mass is 293 g/mol. The summed E-state index contributed by atoms with van der Waals surface area (Å²) in [5, 5.41) is 11.5. The lowest BCUT2D eigenvalue weighted by atomic mass is 10.2. The number of H-pyrrole nitrogens is 1. The van der Waals surface area contributed by atoms with Gasteiger partial charge < -0.3 is 20.8 Å². The zero-order chi connectivity index (χ0) is 15.4. The summed E-state index contributed by atoms with van der Waals surface area (Å²) >= 11 is 0. The van der Waals surface area contributed by atoms with Crippen LogP contribution in [0.5, 0.6) is 0 Å². The molecule has 2 rings (SSSR count). The Morgan fingerprint density at radius 2 is 2.10 bits per heavy atom. The van der Waals surface area contributed by atoms with Crippen molar-refractivity contribution in [3.05, 3.63) is 33.7 Å². The number of carbonyl (C=O) groups excluding carboxylic acids is 1. The molecule has 1 aliphatic heterocycles. The standard InChI is InChI=1S/C13H19N5O3/c1-9-6-11(19)10(7-15-9)13(20)18-4-2-17(3-5-18)8-12(14)16-21/h6-7,21H,2-5,8H2,1H3,(H2,14,16)(H,15,19). The molecule has 1 amide bonds. The first kappa shape index (κ1) is 15.0. The molecule has 1 aliphatic rings. The molecule has 114 valence electrons. The van der Waals surface area contributed by atoms with E-state index in [4.69, 9.17) is 10.9 Å². The Morgan fingerprint density at radius 1 is 1.43 bits per heavy atom. The van der Waals surface area contributed by atoms with Crippen LogP contribution in [0.2, 0.25) is 0 Å². The van der Waals surface area contributed by atoms with Gasteiger partial charge in [-0.25, -0.2) is 0 Å². The molecule has 0 spiro atoms. The Labute approximate surface area is 121 Å². The molecule has 0 atom stereocenters. The molecule has 1 aromatic rings. The van der Waals surface area contributed by atoms with Crippen molar-refractivity contribution in [3.63, 3.8) is 0 Å². The van der Waals surface area contributed by atoms with Crippen LogP contribution in [0.3, 0.4) is 0 Å². The lowest BCUT2D eigenvalue weighted by Gasteiger charge is -2.34. The number of aryl methyl sites for hydroxylation is 1. The topological polar surface area (TPSA) is 115 Å². The van der Waals surface area contributed by atoms with Gasteiger partial charge in [-0.1, -0.05) is 5.16 Å². The van der Waals surface area contributed by atoms with Crippen molar-refractivity contribution in [3.8, 4) is 0 Å². The van der Waals surface area contributed by atoms with Crippen LogP contribution < -0.4 is 11.2 Å². The van der Waals surface area contributed by atoms with Crippen LogP contribution >= 0.6 is 0 Å². The number of hydrogen-bond donors (Lipinski definition) is 3. The summed E-state index contributed by atoms with van der Waals surface area (Å²) < 4.78 is 0. The van der Waals surface area contributed by atoms with Gasteiger partial charge in [-0.3, -0.25) is 14.5 Å². The molecular weight excluding hydrogens is 274 g/mol. The summed E-state index contributed by atoms with van der Waals surface area (Å²) in [6.07, 6.45) is 1.46. The highest BCUT2D eigenvalue weighted by Gasteiger charge is 2.24. The molecule has 0 bridgehead atoms. The van der Waals surface area contributed by atoms with Crippen molar-refractivity contribution in [2.45, 2.75) is 6.92 Å². The average molecular weight is 293 g/mol. The van der Waals surface area contributed by atoms with Gasteiger partial charge in [-0.05, 0) is 6.92 Å². The molecule has 1 aromatic heterocycles. The van der Waals surface area contributed by atoms with Gasteiger partial charge in [0.25, 0.3) is 5.91 Å². The van der Waals surface area contributed by atoms with E-state index in [-0.39, 0.29) is 22.7 Å². The second-order valence-corrected chi connectivity index (χ2v) is 5.05. The predicted molar refractivity (Wildman–Crippen MR) is 77.6 cm³/mol. The number of aromatic nitrogens is 1. The number of nitrogens with one attached hydrogen (secondary N) is 1. The third-order valence-electron chi connectivity index (χ3n) is 3.46. The van der Waals surface area contributed by atoms with E-state index in [0.29, 0.717) is 32.7 Å². The first-order chi connectivity index (χ1) is 10.0. The molecule has 0 unspecified atom stereocenters. The Bertz CT molecular complexity index is 602. The Kier molecular flexibility index (Phi) is 4.59. The molecule has 0 aliphatic carbocycles. The molecule has 8 nitrogen and oxygen atoms in total. The van der Waals surface area contributed by atoms with Crippen molar-refractivity contribution in [1.82, 2.24) is 14.8 Å². The minimum Gasteiger partial charge on any atom is -0.409 e. The number of aromatic amines is 1. The SMILES string of the molecule is Cc1cc(=O)c(C(=O)N2CCN(CC(N)=NO)CC2)c[nH]1. The van der Waals surface area contributed by atoms with Gasteiger partial charge in [-0.2, -0.15) is 0 Å². The molecule has 0 saturated carbocycles. The minimum absolute atomic E-state index is 0.143. The third-order valence-corrected chi connectivity index (χ3v) is 3.46. The number of amides is 1. The number of nitrogens with two attached hydrogens (primary N) is 1. The van der Waals surface area contributed by atoms with Crippen LogP contribution in [-0.4, -0.2) is 64.5 Å². The van der Waals surface area contributed by atoms with E-state index in [1.165, 1.54) is 12.3 Å². The lowest BCUT2D eigenvalue weighted by Crippen LogP contribution is -2.51. The largest absolute Gasteiger partial charge is 0.409 e. The van der Waals surface area contributed by atoms with Crippen LogP contribution in [0.1, 0.15) is 16.1 Å². The normalized spacial score (nSPS) is 17.0. The number of pyridine rings is 1. The quantitative estimate of drug-likeness (QED) is 0.292. The second-order valence-electron chi connectivity index (χ2n) is 5.05. The first-order valence-electron chi connectivity index (χ1n) is 6.68. The first-order valence-corrected chi connectivity index (χ1v) is 6.68. The number of hydrogen-bond acceptors (Lipinski definition) is 5. The van der Waals surface area contributed by atoms with Crippen molar-refractivity contribution in [2.24, 2.45) is 10.9 Å². The second kappa shape index (κ2) is 6.40. The fourth-order valence-corrected chi connectivity index (χ4v) is 2.28. The highest BCUT2D eigenvalue weighted by Crippen LogP contribution is 2.06. The van der Waals surface area contributed by atoms with E-state index >= 15 is 0 Å². The highest BCUT2D eigenvalue weighted by atomic mass is 16.4. The minimum atomic E-state index is -0.268. The van der Waals surface area contributed by atoms with Gasteiger partial charge in [0.05, 0.1) is 6.54 Å². The fourth-order valence-electron chi connectivity index (χ4n) is 2.28. The lowest BCUT2D eigenvalue weighted by molar-refractivity contribution is 0.0651. The molecule has 8 heteroatoms. The van der Waals surface area contributed by atoms with Gasteiger partial charge in [0, 0.05) is 44.1 Å². The van der Waals surface area contributed by atoms with E-state index in [1.54, 1.807) is 11.8 Å². The molecule has 1 saturated heterocycles. The summed E-state index contributed by atoms with van der Waals surface area (Å²) in [4.78, 5) is 30.7. The third kappa shape index (κ3) is 3.60. The van der Waals surface area contributed by atoms with Crippen LogP contribution in [0.25, 0.3) is 0 Å². The molecule has 21 heavy (non-hydrogen) atoms. The Hall–Kier alpha value is -2.35. The predicted octanol–water partition coefficient (Wildman–Crippen LogP) is -0.812. The van der Waals surface area contributed by atoms with Crippen molar-refractivity contribution in [1.29, 1.82) is 0 Å². The molecular formula is C13H19N5O3. The van der Waals surface area contributed by atoms with E-state index in [1.807, 2.05) is 4.90 Å². The van der Waals surface area contributed by atoms with Gasteiger partial charge in [0.1, 0.15) is 5.56 Å². The highest BCUT2D eigenvalue weighted by molar-refractivity contribution is 5.94. The molecule has 4 N–H and O–H groups in total. The number of carbonyl (C=O) groups is 1. The van der Waals surface area contributed by atoms with Gasteiger partial charge in [0.15, 0.2) is 11.3 Å². The number of amidine groups is 1. The molecule has 0 aromatic carbocycles.